The number of nitrogens with one attached hydrogen (secondary N) is 8. The van der Waals surface area contributed by atoms with Crippen molar-refractivity contribution in [3.8, 4) is 0 Å². The van der Waals surface area contributed by atoms with Crippen LogP contribution < -0.4 is 47.4 Å². The number of hydrogen-bond donors (Lipinski definition) is 15. The first-order valence-electron chi connectivity index (χ1n) is 36.4. The molecule has 14 N–H and O–H groups in total. The number of allylic oxidation sites excluding steroid dienone is 8. The van der Waals surface area contributed by atoms with Crippen LogP contribution in [0.15, 0.2) is 99.4 Å². The number of likely N-dealkylation sites (N-methyl/N-ethyl adjacent to an activating group) is 1. The van der Waals surface area contributed by atoms with Crippen LogP contribution in [0.5, 0.6) is 0 Å². The number of fused-ring (bicyclic) bond motifs is 2. The highest BCUT2D eigenvalue weighted by molar-refractivity contribution is 7.85. The molecule has 36 nitrogen and oxygen atoms in total. The molecule has 2 aromatic rings. The van der Waals surface area contributed by atoms with E-state index < -0.39 is 228 Å². The van der Waals surface area contributed by atoms with Crippen molar-refractivity contribution in [2.24, 2.45) is 10.9 Å². The number of nitrogens with zero attached hydrogens (tertiary/aromatic N) is 3. The Labute approximate surface area is 649 Å². The molecule has 0 bridgehead atoms. The molecule has 2 aromatic carbocycles. The van der Waals surface area contributed by atoms with Crippen LogP contribution in [0.1, 0.15) is 162 Å². The molecule has 3 aliphatic rings. The maximum absolute atomic E-state index is 14.2. The summed E-state index contributed by atoms with van der Waals surface area (Å²) in [7, 11) is -5.95. The van der Waals surface area contributed by atoms with Crippen LogP contribution >= 0.6 is 0 Å². The molecule has 3 aliphatic heterocycles. The van der Waals surface area contributed by atoms with Gasteiger partial charge in [0, 0.05) is 87.4 Å². The number of anilines is 1. The molecule has 112 heavy (non-hydrogen) atoms. The lowest BCUT2D eigenvalue weighted by Gasteiger charge is -2.27. The van der Waals surface area contributed by atoms with E-state index in [1.54, 1.807) is 48.6 Å². The van der Waals surface area contributed by atoms with Crippen LogP contribution in [0, 0.1) is 5.92 Å². The summed E-state index contributed by atoms with van der Waals surface area (Å²) in [6.45, 7) is 10.7. The van der Waals surface area contributed by atoms with E-state index in [0.29, 0.717) is 55.6 Å². The van der Waals surface area contributed by atoms with Gasteiger partial charge >= 0.3 is 29.8 Å². The van der Waals surface area contributed by atoms with E-state index in [1.165, 1.54) is 30.1 Å². The average Bonchev–Trinajstić information content (AvgIpc) is 1.59. The van der Waals surface area contributed by atoms with Gasteiger partial charge in [0.25, 0.3) is 10.1 Å². The number of ether oxygens (including phenoxy) is 1. The highest BCUT2D eigenvalue weighted by Crippen LogP contribution is 2.49. The van der Waals surface area contributed by atoms with Crippen LogP contribution in [-0.4, -0.2) is 223 Å². The molecule has 0 saturated carbocycles. The van der Waals surface area contributed by atoms with E-state index in [0.717, 1.165) is 17.0 Å². The van der Waals surface area contributed by atoms with Gasteiger partial charge in [-0.25, -0.2) is 8.42 Å². The molecule has 3 heterocycles. The van der Waals surface area contributed by atoms with Crippen molar-refractivity contribution < 1.29 is 119 Å². The Hall–Kier alpha value is -10.7. The molecule has 9 amide bonds. The van der Waals surface area contributed by atoms with Crippen molar-refractivity contribution in [2.45, 2.75) is 214 Å². The van der Waals surface area contributed by atoms with Gasteiger partial charge in [0.15, 0.2) is 10.7 Å². The number of benzene rings is 2. The molecule has 0 unspecified atom stereocenters. The van der Waals surface area contributed by atoms with Crippen LogP contribution in [0.4, 0.5) is 11.4 Å². The average molecular weight is 1610 g/mol. The van der Waals surface area contributed by atoms with Crippen LogP contribution in [0.3, 0.4) is 0 Å². The lowest BCUT2D eigenvalue weighted by molar-refractivity contribution is -0.142. The van der Waals surface area contributed by atoms with E-state index >= 15 is 0 Å². The Balaban J connectivity index is 1.23. The van der Waals surface area contributed by atoms with Crippen molar-refractivity contribution >= 4 is 121 Å². The fourth-order valence-corrected chi connectivity index (χ4v) is 13.7. The highest BCUT2D eigenvalue weighted by atomic mass is 32.2. The van der Waals surface area contributed by atoms with E-state index in [4.69, 9.17) is 9.73 Å². The lowest BCUT2D eigenvalue weighted by Crippen LogP contribution is -2.59. The third-order valence-corrected chi connectivity index (χ3v) is 20.3. The summed E-state index contributed by atoms with van der Waals surface area (Å²) in [5.74, 6) is -15.7. The first-order valence-corrected chi connectivity index (χ1v) is 39.0. The number of carbonyl (C=O) groups is 14. The maximum atomic E-state index is 14.2. The normalized spacial score (nSPS) is 16.9. The number of carbonyl (C=O) groups excluding carboxylic acids is 9. The summed E-state index contributed by atoms with van der Waals surface area (Å²) in [6, 6.07) is -1.87. The predicted molar refractivity (Wildman–Crippen MR) is 404 cm³/mol. The number of likely N-dealkylation sites (tertiary alicyclic amines) is 1. The second-order valence-corrected chi connectivity index (χ2v) is 30.9. The number of hydrogen-bond acceptors (Lipinski definition) is 21. The quantitative estimate of drug-likeness (QED) is 0.0196. The van der Waals surface area contributed by atoms with Crippen LogP contribution in [0.2, 0.25) is 0 Å². The standard InChI is InChI=1S/C74H101N11O25S2/c1-43(2)39-54(66(98)75-7)83-72(104)56-17-16-37-85(56)60(87)42-110-38-35-76-67(99)49(24-30-61(88)89)79-69(101)51(26-32-63(92)93)81-71(103)53(28-34-65(96)97)82-70(102)52(27-33-64(94)95)80-68(100)50(25-31-62(90)91)78-59(86)20-14-11-15-36-84-55-29-22-45(112(107,108)109)41-47(55)74(5,6)58(84)19-13-10-8-9-12-18-57-73(3,4)46-40-44(111(105)106)21-23-48(46)77-57/h8-10,12-13,18-19,21-23,29,40-41,43,49-54,56,111H,11,14-17,20,24-28,30-39,42H2,1-7H3,(H,75,98)(H,76,99)(H,78,86)(H,79,101)(H,80,100)(H,81,103)(H,82,102)(H,83,104)(H,88,89)(H,90,91)(H,92,93)(H,94,95)(H,96,97)(H,107,108,109)/b9-8+,13-10+,18-12+,58-19+/t49-,50-,51-,52-,53-,54+,56+/m1/s1. The zero-order valence-electron chi connectivity index (χ0n) is 63.3. The van der Waals surface area contributed by atoms with Gasteiger partial charge in [-0.2, -0.15) is 8.42 Å². The third kappa shape index (κ3) is 28.2. The summed E-state index contributed by atoms with van der Waals surface area (Å²) in [5.41, 5.74) is 2.76. The van der Waals surface area contributed by atoms with Crippen LogP contribution in [0.25, 0.3) is 0 Å². The molecular weight excluding hydrogens is 1510 g/mol. The van der Waals surface area contributed by atoms with Gasteiger partial charge in [-0.15, -0.1) is 0 Å². The van der Waals surface area contributed by atoms with Gasteiger partial charge in [-0.1, -0.05) is 78.3 Å². The summed E-state index contributed by atoms with van der Waals surface area (Å²) < 4.78 is 63.4. The maximum Gasteiger partial charge on any atom is 0.303 e. The molecular formula is C74H101N11O25S2. The molecule has 1 fully saturated rings. The van der Waals surface area contributed by atoms with Crippen molar-refractivity contribution in [1.29, 1.82) is 0 Å². The number of rotatable bonds is 47. The monoisotopic (exact) mass is 1610 g/mol. The minimum Gasteiger partial charge on any atom is -0.481 e. The van der Waals surface area contributed by atoms with E-state index in [2.05, 4.69) is 42.5 Å². The van der Waals surface area contributed by atoms with Gasteiger partial charge in [0.1, 0.15) is 48.9 Å². The van der Waals surface area contributed by atoms with Crippen molar-refractivity contribution in [2.75, 3.05) is 44.8 Å². The van der Waals surface area contributed by atoms with Gasteiger partial charge in [0.05, 0.1) is 27.8 Å². The topological polar surface area (TPSA) is 553 Å². The largest absolute Gasteiger partial charge is 0.481 e. The van der Waals surface area contributed by atoms with E-state index in [-0.39, 0.29) is 48.2 Å². The summed E-state index contributed by atoms with van der Waals surface area (Å²) in [6.07, 6.45) is 7.16. The Morgan fingerprint density at radius 3 is 1.61 bits per heavy atom. The Bertz CT molecular complexity index is 4200. The van der Waals surface area contributed by atoms with Gasteiger partial charge in [-0.3, -0.25) is 76.7 Å². The molecule has 0 spiro atoms. The second-order valence-electron chi connectivity index (χ2n) is 28.4. The number of unbranched alkanes of at least 4 members (excludes halogenated alkanes) is 2. The fraction of sp³-hybridized carbons (Fsp3) is 0.527. The minimum absolute atomic E-state index is 0.0518. The Kier molecular flexibility index (Phi) is 35.4. The molecule has 0 radical (unpaired) electrons. The first kappa shape index (κ1) is 91.9. The summed E-state index contributed by atoms with van der Waals surface area (Å²) in [5, 5.41) is 67.2. The van der Waals surface area contributed by atoms with Gasteiger partial charge in [-0.05, 0) is 130 Å². The molecule has 0 aliphatic carbocycles. The second kappa shape index (κ2) is 43.2. The fourth-order valence-electron chi connectivity index (χ4n) is 12.8. The van der Waals surface area contributed by atoms with Gasteiger partial charge < -0.3 is 82.6 Å². The number of aliphatic imine (C=N–C) groups is 1. The number of carboxylic acids is 5. The van der Waals surface area contributed by atoms with Crippen LogP contribution in [-0.2, 0) is 104 Å². The molecule has 38 heteroatoms. The third-order valence-electron chi connectivity index (χ3n) is 18.8. The number of carboxylic acid groups (broad SMARTS) is 5. The zero-order valence-corrected chi connectivity index (χ0v) is 65.0. The van der Waals surface area contributed by atoms with Crippen molar-refractivity contribution in [3.63, 3.8) is 0 Å². The van der Waals surface area contributed by atoms with Crippen molar-refractivity contribution in [3.05, 3.63) is 95.8 Å². The Morgan fingerprint density at radius 1 is 0.598 bits per heavy atom. The smallest absolute Gasteiger partial charge is 0.303 e. The number of aliphatic carboxylic acids is 5. The van der Waals surface area contributed by atoms with E-state index in [9.17, 15) is 114 Å². The predicted octanol–water partition coefficient (Wildman–Crippen LogP) is 2.33. The summed E-state index contributed by atoms with van der Waals surface area (Å²) in [4.78, 5) is 190. The van der Waals surface area contributed by atoms with Crippen molar-refractivity contribution in [1.82, 2.24) is 47.4 Å². The highest BCUT2D eigenvalue weighted by Gasteiger charge is 2.42. The molecule has 7 atom stereocenters. The number of thiol groups is 1. The number of amides is 9. The van der Waals surface area contributed by atoms with E-state index in [1.807, 2.05) is 58.6 Å². The van der Waals surface area contributed by atoms with Gasteiger partial charge in [0.2, 0.25) is 53.2 Å². The Morgan fingerprint density at radius 2 is 1.11 bits per heavy atom. The summed E-state index contributed by atoms with van der Waals surface area (Å²) >= 11 is 0. The first-order chi connectivity index (χ1) is 52.7. The minimum atomic E-state index is -4.60. The zero-order chi connectivity index (χ0) is 83.4. The molecule has 5 rings (SSSR count). The molecule has 1 saturated heterocycles. The molecule has 614 valence electrons. The molecule has 0 aromatic heterocycles. The lowest BCUT2D eigenvalue weighted by atomic mass is 9.81. The SMILES string of the molecule is CNC(=O)[C@H](CC(C)C)NC(=O)[C@@H]1CCCN1C(=O)COCCNC(=O)[C@@H](CCC(=O)O)NC(=O)[C@@H](CCC(=O)O)NC(=O)[C@@H](CCC(=O)O)NC(=O)[C@@H](CCC(=O)O)NC(=O)[C@@H](CCC(=O)O)NC(=O)CCCCCN1/C(=C/C=C/C=C/C=C/C2=Nc3ccc([SH](=O)=O)cc3C2(C)C)C(C)(C)c2cc(S(=O)(=O)O)ccc21.